The molecule has 1 aliphatic heterocycles. The van der Waals surface area contributed by atoms with Crippen molar-refractivity contribution in [3.63, 3.8) is 0 Å². The van der Waals surface area contributed by atoms with Gasteiger partial charge in [0, 0.05) is 18.8 Å². The maximum Gasteiger partial charge on any atom is 0.256 e. The molecular weight excluding hydrogens is 364 g/mol. The fourth-order valence-corrected chi connectivity index (χ4v) is 3.98. The third-order valence-corrected chi connectivity index (χ3v) is 5.62. The van der Waals surface area contributed by atoms with Crippen molar-refractivity contribution in [3.05, 3.63) is 24.3 Å². The van der Waals surface area contributed by atoms with Gasteiger partial charge in [0.25, 0.3) is 5.91 Å². The summed E-state index contributed by atoms with van der Waals surface area (Å²) in [7, 11) is 0. The quantitative estimate of drug-likeness (QED) is 0.529. The van der Waals surface area contributed by atoms with Gasteiger partial charge in [0.05, 0.1) is 6.61 Å². The van der Waals surface area contributed by atoms with Crippen molar-refractivity contribution < 1.29 is 14.3 Å². The van der Waals surface area contributed by atoms with Crippen molar-refractivity contribution in [2.24, 2.45) is 11.8 Å². The molecular formula is C24H40N2O3. The molecule has 5 heteroatoms. The maximum absolute atomic E-state index is 12.8. The van der Waals surface area contributed by atoms with Gasteiger partial charge < -0.3 is 19.7 Å². The molecule has 1 aliphatic rings. The van der Waals surface area contributed by atoms with Crippen LogP contribution in [0.3, 0.4) is 0 Å². The summed E-state index contributed by atoms with van der Waals surface area (Å²) in [6.07, 6.45) is 4.35. The summed E-state index contributed by atoms with van der Waals surface area (Å²) in [6, 6.07) is 7.61. The minimum Gasteiger partial charge on any atom is -0.494 e. The third kappa shape index (κ3) is 7.98. The lowest BCUT2D eigenvalue weighted by molar-refractivity contribution is -0.140. The SMILES string of the molecule is CCO[C@@](C)(CC(C)C)C(=O)Nc1ccc(OCCCN2CCC(C)CC2)cc1. The first-order valence-electron chi connectivity index (χ1n) is 11.2. The highest BCUT2D eigenvalue weighted by atomic mass is 16.5. The molecule has 0 radical (unpaired) electrons. The minimum atomic E-state index is -0.815. The van der Waals surface area contributed by atoms with Crippen LogP contribution < -0.4 is 10.1 Å². The van der Waals surface area contributed by atoms with Crippen molar-refractivity contribution in [2.45, 2.75) is 65.9 Å². The van der Waals surface area contributed by atoms with Gasteiger partial charge in [-0.1, -0.05) is 20.8 Å². The van der Waals surface area contributed by atoms with Crippen molar-refractivity contribution in [3.8, 4) is 5.75 Å². The molecule has 1 aromatic rings. The van der Waals surface area contributed by atoms with Crippen LogP contribution >= 0.6 is 0 Å². The molecule has 1 fully saturated rings. The van der Waals surface area contributed by atoms with E-state index in [1.54, 1.807) is 0 Å². The second-order valence-corrected chi connectivity index (χ2v) is 8.97. The summed E-state index contributed by atoms with van der Waals surface area (Å²) in [5, 5.41) is 2.99. The first-order valence-corrected chi connectivity index (χ1v) is 11.2. The zero-order valence-electron chi connectivity index (χ0n) is 19.0. The molecule has 5 nitrogen and oxygen atoms in total. The van der Waals surface area contributed by atoms with Crippen LogP contribution in [0.1, 0.15) is 60.3 Å². The predicted octanol–water partition coefficient (Wildman–Crippen LogP) is 4.97. The van der Waals surface area contributed by atoms with E-state index in [4.69, 9.17) is 9.47 Å². The van der Waals surface area contributed by atoms with E-state index >= 15 is 0 Å². The van der Waals surface area contributed by atoms with Crippen LogP contribution in [0.15, 0.2) is 24.3 Å². The van der Waals surface area contributed by atoms with Crippen LogP contribution in [0.5, 0.6) is 5.75 Å². The number of hydrogen-bond donors (Lipinski definition) is 1. The topological polar surface area (TPSA) is 50.8 Å². The lowest BCUT2D eigenvalue weighted by Gasteiger charge is -2.30. The van der Waals surface area contributed by atoms with Crippen molar-refractivity contribution >= 4 is 11.6 Å². The number of rotatable bonds is 11. The van der Waals surface area contributed by atoms with E-state index in [1.807, 2.05) is 38.1 Å². The summed E-state index contributed by atoms with van der Waals surface area (Å²) < 4.78 is 11.7. The Morgan fingerprint density at radius 2 is 1.90 bits per heavy atom. The molecule has 0 aliphatic carbocycles. The number of piperidine rings is 1. The van der Waals surface area contributed by atoms with E-state index in [9.17, 15) is 4.79 Å². The number of benzene rings is 1. The largest absolute Gasteiger partial charge is 0.494 e. The molecule has 0 aromatic heterocycles. The number of nitrogens with zero attached hydrogens (tertiary/aromatic N) is 1. The highest BCUT2D eigenvalue weighted by molar-refractivity contribution is 5.97. The highest BCUT2D eigenvalue weighted by Gasteiger charge is 2.34. The molecule has 2 rings (SSSR count). The Hall–Kier alpha value is -1.59. The summed E-state index contributed by atoms with van der Waals surface area (Å²) in [5.74, 6) is 1.99. The lowest BCUT2D eigenvalue weighted by atomic mass is 9.93. The Morgan fingerprint density at radius 1 is 1.24 bits per heavy atom. The van der Waals surface area contributed by atoms with E-state index in [1.165, 1.54) is 25.9 Å². The molecule has 1 saturated heterocycles. The van der Waals surface area contributed by atoms with Crippen LogP contribution in [0, 0.1) is 11.8 Å². The number of nitrogens with one attached hydrogen (secondary N) is 1. The van der Waals surface area contributed by atoms with E-state index in [0.717, 1.165) is 30.3 Å². The van der Waals surface area contributed by atoms with Gasteiger partial charge in [-0.15, -0.1) is 0 Å². The first-order chi connectivity index (χ1) is 13.8. The van der Waals surface area contributed by atoms with E-state index in [0.29, 0.717) is 25.6 Å². The molecule has 1 heterocycles. The lowest BCUT2D eigenvalue weighted by Crippen LogP contribution is -2.43. The molecule has 1 N–H and O–H groups in total. The zero-order valence-corrected chi connectivity index (χ0v) is 19.0. The number of carbonyl (C=O) groups excluding carboxylic acids is 1. The van der Waals surface area contributed by atoms with Gasteiger partial charge in [-0.3, -0.25) is 4.79 Å². The Labute approximate surface area is 177 Å². The number of likely N-dealkylation sites (tertiary alicyclic amines) is 1. The van der Waals surface area contributed by atoms with Gasteiger partial charge in [-0.25, -0.2) is 0 Å². The number of carbonyl (C=O) groups is 1. The molecule has 0 saturated carbocycles. The van der Waals surface area contributed by atoms with Crippen LogP contribution in [-0.2, 0) is 9.53 Å². The van der Waals surface area contributed by atoms with Crippen molar-refractivity contribution in [2.75, 3.05) is 38.2 Å². The fraction of sp³-hybridized carbons (Fsp3) is 0.708. The molecule has 1 atom stereocenters. The molecule has 0 spiro atoms. The van der Waals surface area contributed by atoms with Gasteiger partial charge in [0.15, 0.2) is 0 Å². The van der Waals surface area contributed by atoms with Crippen LogP contribution in [0.25, 0.3) is 0 Å². The number of ether oxygens (including phenoxy) is 2. The highest BCUT2D eigenvalue weighted by Crippen LogP contribution is 2.24. The number of hydrogen-bond acceptors (Lipinski definition) is 4. The minimum absolute atomic E-state index is 0.0995. The van der Waals surface area contributed by atoms with E-state index < -0.39 is 5.60 Å². The standard InChI is InChI=1S/C24H40N2O3/c1-6-29-24(5,18-19(2)3)23(27)25-21-8-10-22(11-9-21)28-17-7-14-26-15-12-20(4)13-16-26/h8-11,19-20H,6-7,12-18H2,1-5H3,(H,25,27)/t24-/m0/s1. The smallest absolute Gasteiger partial charge is 0.256 e. The second-order valence-electron chi connectivity index (χ2n) is 8.97. The van der Waals surface area contributed by atoms with Gasteiger partial charge in [0.2, 0.25) is 0 Å². The monoisotopic (exact) mass is 404 g/mol. The Morgan fingerprint density at radius 3 is 2.48 bits per heavy atom. The summed E-state index contributed by atoms with van der Waals surface area (Å²) in [4.78, 5) is 15.3. The molecule has 164 valence electrons. The molecule has 0 bridgehead atoms. The Bertz CT molecular complexity index is 609. The van der Waals surface area contributed by atoms with E-state index in [-0.39, 0.29) is 5.91 Å². The second kappa shape index (κ2) is 11.6. The molecule has 1 aromatic carbocycles. The summed E-state index contributed by atoms with van der Waals surface area (Å²) >= 11 is 0. The van der Waals surface area contributed by atoms with Crippen molar-refractivity contribution in [1.82, 2.24) is 4.90 Å². The maximum atomic E-state index is 12.8. The Balaban J connectivity index is 1.76. The molecule has 1 amide bonds. The number of amides is 1. The third-order valence-electron chi connectivity index (χ3n) is 5.62. The fourth-order valence-electron chi connectivity index (χ4n) is 3.98. The van der Waals surface area contributed by atoms with Gasteiger partial charge in [-0.05, 0) is 88.7 Å². The van der Waals surface area contributed by atoms with Gasteiger partial charge >= 0.3 is 0 Å². The summed E-state index contributed by atoms with van der Waals surface area (Å²) in [6.45, 7) is 15.1. The average Bonchev–Trinajstić information content (AvgIpc) is 2.67. The van der Waals surface area contributed by atoms with Gasteiger partial charge in [-0.2, -0.15) is 0 Å². The average molecular weight is 405 g/mol. The van der Waals surface area contributed by atoms with E-state index in [2.05, 4.69) is 31.0 Å². The predicted molar refractivity (Wildman–Crippen MR) is 120 cm³/mol. The zero-order chi connectivity index (χ0) is 21.3. The Kier molecular flexibility index (Phi) is 9.44. The first kappa shape index (κ1) is 23.7. The normalized spacial score (nSPS) is 17.9. The number of anilines is 1. The van der Waals surface area contributed by atoms with Gasteiger partial charge in [0.1, 0.15) is 11.4 Å². The summed E-state index contributed by atoms with van der Waals surface area (Å²) in [5.41, 5.74) is -0.0517. The van der Waals surface area contributed by atoms with Crippen molar-refractivity contribution in [1.29, 1.82) is 0 Å². The van der Waals surface area contributed by atoms with Crippen LogP contribution in [0.2, 0.25) is 0 Å². The van der Waals surface area contributed by atoms with Crippen LogP contribution in [-0.4, -0.2) is 49.3 Å². The van der Waals surface area contributed by atoms with Crippen LogP contribution in [0.4, 0.5) is 5.69 Å². The molecule has 29 heavy (non-hydrogen) atoms. The molecule has 0 unspecified atom stereocenters.